The van der Waals surface area contributed by atoms with Crippen LogP contribution in [0.25, 0.3) is 18.2 Å². The van der Waals surface area contributed by atoms with Crippen LogP contribution in [0.1, 0.15) is 16.7 Å². The highest BCUT2D eigenvalue weighted by atomic mass is 16.5. The number of ether oxygens (including phenoxy) is 8. The Morgan fingerprint density at radius 2 is 0.844 bits per heavy atom. The van der Waals surface area contributed by atoms with Gasteiger partial charge in [-0.05, 0) is 48.1 Å². The number of hydrogen-bond acceptors (Lipinski definition) is 11. The molecule has 0 atom stereocenters. The first kappa shape index (κ1) is 33.9. The van der Waals surface area contributed by atoms with E-state index in [9.17, 15) is 14.7 Å². The Balaban J connectivity index is 2.16. The van der Waals surface area contributed by atoms with Crippen LogP contribution in [0.4, 0.5) is 0 Å². The normalized spacial score (nSPS) is 10.8. The fourth-order valence-electron chi connectivity index (χ4n) is 4.32. The predicted molar refractivity (Wildman–Crippen MR) is 169 cm³/mol. The first-order valence-corrected chi connectivity index (χ1v) is 13.4. The minimum absolute atomic E-state index is 0.0892. The number of allylic oxidation sites excluding steroid dienone is 3. The van der Waals surface area contributed by atoms with Crippen molar-refractivity contribution in [2.45, 2.75) is 0 Å². The van der Waals surface area contributed by atoms with E-state index in [1.807, 2.05) is 0 Å². The quantitative estimate of drug-likeness (QED) is 0.133. The van der Waals surface area contributed by atoms with Crippen molar-refractivity contribution in [2.75, 3.05) is 56.9 Å². The van der Waals surface area contributed by atoms with Crippen LogP contribution in [0.15, 0.2) is 54.1 Å². The van der Waals surface area contributed by atoms with Crippen LogP contribution in [0.2, 0.25) is 0 Å². The molecule has 0 heterocycles. The number of phenolic OH excluding ortho intramolecular Hbond substituents is 1. The summed E-state index contributed by atoms with van der Waals surface area (Å²) in [5.74, 6) is 1.22. The molecule has 0 bridgehead atoms. The van der Waals surface area contributed by atoms with Gasteiger partial charge in [0, 0.05) is 24.3 Å². The van der Waals surface area contributed by atoms with Crippen molar-refractivity contribution in [1.82, 2.24) is 0 Å². The number of phenols is 1. The molecule has 0 saturated carbocycles. The van der Waals surface area contributed by atoms with Gasteiger partial charge in [-0.1, -0.05) is 0 Å². The van der Waals surface area contributed by atoms with E-state index in [0.717, 1.165) is 0 Å². The fourth-order valence-corrected chi connectivity index (χ4v) is 4.32. The van der Waals surface area contributed by atoms with E-state index in [2.05, 4.69) is 0 Å². The molecule has 45 heavy (non-hydrogen) atoms. The van der Waals surface area contributed by atoms with Crippen LogP contribution in [0.3, 0.4) is 0 Å². The van der Waals surface area contributed by atoms with Crippen LogP contribution < -0.4 is 37.9 Å². The Morgan fingerprint density at radius 3 is 1.13 bits per heavy atom. The van der Waals surface area contributed by atoms with Gasteiger partial charge in [0.15, 0.2) is 23.1 Å². The van der Waals surface area contributed by atoms with Crippen molar-refractivity contribution in [2.24, 2.45) is 0 Å². The average molecular weight is 621 g/mol. The summed E-state index contributed by atoms with van der Waals surface area (Å²) in [6.07, 6.45) is 6.80. The van der Waals surface area contributed by atoms with Crippen molar-refractivity contribution in [3.05, 3.63) is 70.8 Å². The molecule has 0 spiro atoms. The van der Waals surface area contributed by atoms with Crippen molar-refractivity contribution in [3.8, 4) is 51.7 Å². The second-order valence-corrected chi connectivity index (χ2v) is 9.12. The zero-order chi connectivity index (χ0) is 33.1. The predicted octanol–water partition coefficient (Wildman–Crippen LogP) is 5.41. The van der Waals surface area contributed by atoms with Gasteiger partial charge in [0.05, 0.1) is 73.6 Å². The highest BCUT2D eigenvalue weighted by molar-refractivity contribution is 6.31. The number of carbonyl (C=O) groups is 2. The smallest absolute Gasteiger partial charge is 0.200 e. The third-order valence-electron chi connectivity index (χ3n) is 6.65. The number of hydrogen-bond donors (Lipinski definition) is 1. The van der Waals surface area contributed by atoms with Gasteiger partial charge in [0.2, 0.25) is 5.75 Å². The van der Waals surface area contributed by atoms with Gasteiger partial charge < -0.3 is 43.0 Å². The highest BCUT2D eigenvalue weighted by Gasteiger charge is 2.19. The van der Waals surface area contributed by atoms with E-state index in [0.29, 0.717) is 51.2 Å². The van der Waals surface area contributed by atoms with Crippen molar-refractivity contribution in [1.29, 1.82) is 0 Å². The van der Waals surface area contributed by atoms with Gasteiger partial charge in [0.1, 0.15) is 34.5 Å². The summed E-state index contributed by atoms with van der Waals surface area (Å²) in [4.78, 5) is 27.4. The van der Waals surface area contributed by atoms with Crippen molar-refractivity contribution < 1.29 is 52.6 Å². The molecule has 0 aliphatic carbocycles. The lowest BCUT2D eigenvalue weighted by atomic mass is 9.99. The molecule has 11 nitrogen and oxygen atoms in total. The number of carbonyl (C=O) groups excluding carboxylic acids is 2. The van der Waals surface area contributed by atoms with E-state index in [1.54, 1.807) is 24.3 Å². The first-order valence-electron chi connectivity index (χ1n) is 13.4. The Bertz CT molecular complexity index is 1470. The third kappa shape index (κ3) is 7.88. The molecule has 0 aromatic heterocycles. The molecule has 0 radical (unpaired) electrons. The van der Waals surface area contributed by atoms with Crippen LogP contribution in [0.5, 0.6) is 51.7 Å². The number of methoxy groups -OCH3 is 8. The Kier molecular flexibility index (Phi) is 11.9. The maximum Gasteiger partial charge on any atom is 0.200 e. The molecular formula is C34H36O11. The van der Waals surface area contributed by atoms with Gasteiger partial charge in [-0.25, -0.2) is 0 Å². The zero-order valence-electron chi connectivity index (χ0n) is 26.4. The van der Waals surface area contributed by atoms with E-state index in [1.165, 1.54) is 99.4 Å². The van der Waals surface area contributed by atoms with E-state index >= 15 is 0 Å². The third-order valence-corrected chi connectivity index (χ3v) is 6.65. The fraction of sp³-hybridized carbons (Fsp3) is 0.235. The Morgan fingerprint density at radius 1 is 0.511 bits per heavy atom. The van der Waals surface area contributed by atoms with Crippen molar-refractivity contribution in [3.63, 3.8) is 0 Å². The van der Waals surface area contributed by atoms with Crippen LogP contribution in [0, 0.1) is 0 Å². The highest BCUT2D eigenvalue weighted by Crippen LogP contribution is 2.39. The largest absolute Gasteiger partial charge is 0.502 e. The number of aromatic hydroxyl groups is 1. The van der Waals surface area contributed by atoms with Crippen LogP contribution in [-0.2, 0) is 9.59 Å². The maximum absolute atomic E-state index is 13.7. The maximum atomic E-state index is 13.7. The minimum atomic E-state index is -0.635. The molecule has 238 valence electrons. The van der Waals surface area contributed by atoms with Gasteiger partial charge in [0.25, 0.3) is 0 Å². The summed E-state index contributed by atoms with van der Waals surface area (Å²) in [5.41, 5.74) is 1.06. The number of rotatable bonds is 15. The molecule has 3 aromatic rings. The van der Waals surface area contributed by atoms with Gasteiger partial charge >= 0.3 is 0 Å². The van der Waals surface area contributed by atoms with Crippen molar-refractivity contribution >= 4 is 29.8 Å². The minimum Gasteiger partial charge on any atom is -0.502 e. The van der Waals surface area contributed by atoms with E-state index in [4.69, 9.17) is 37.9 Å². The molecule has 0 fully saturated rings. The summed E-state index contributed by atoms with van der Waals surface area (Å²) in [6, 6.07) is 9.50. The molecule has 0 amide bonds. The zero-order valence-corrected chi connectivity index (χ0v) is 26.4. The molecule has 0 aliphatic heterocycles. The number of benzene rings is 3. The molecule has 1 N–H and O–H groups in total. The standard InChI is InChI=1S/C34H36O11/c1-38-21-16-28(40-3)23(29(17-21)41-4)9-11-26(35)25(13-20-14-32(44-7)34(37)33(15-20)45-8)27(36)12-10-24-30(42-5)18-22(39-2)19-31(24)43-6/h9-19,37H,1-8H3/b11-9+,12-10+. The summed E-state index contributed by atoms with van der Waals surface area (Å²) < 4.78 is 43.0. The summed E-state index contributed by atoms with van der Waals surface area (Å²) >= 11 is 0. The van der Waals surface area contributed by atoms with E-state index < -0.39 is 11.6 Å². The SMILES string of the molecule is COc1cc(OC)c(/C=C/C(=O)C(=Cc2cc(OC)c(O)c(OC)c2)C(=O)/C=C/c2c(OC)cc(OC)cc2OC)c(OC)c1. The molecule has 0 aliphatic rings. The monoisotopic (exact) mass is 620 g/mol. The molecule has 11 heteroatoms. The van der Waals surface area contributed by atoms with Crippen LogP contribution >= 0.6 is 0 Å². The van der Waals surface area contributed by atoms with Gasteiger partial charge in [-0.15, -0.1) is 0 Å². The number of ketones is 2. The first-order chi connectivity index (χ1) is 21.7. The summed E-state index contributed by atoms with van der Waals surface area (Å²) in [7, 11) is 11.6. The second kappa shape index (κ2) is 15.8. The Hall–Kier alpha value is -5.58. The molecular weight excluding hydrogens is 584 g/mol. The van der Waals surface area contributed by atoms with Crippen LogP contribution in [-0.4, -0.2) is 73.6 Å². The lowest BCUT2D eigenvalue weighted by Crippen LogP contribution is -2.09. The lowest BCUT2D eigenvalue weighted by Gasteiger charge is -2.13. The second-order valence-electron chi connectivity index (χ2n) is 9.12. The summed E-state index contributed by atoms with van der Waals surface area (Å²) in [6.45, 7) is 0. The molecule has 3 rings (SSSR count). The molecule has 3 aromatic carbocycles. The summed E-state index contributed by atoms with van der Waals surface area (Å²) in [5, 5.41) is 10.4. The lowest BCUT2D eigenvalue weighted by molar-refractivity contribution is -0.116. The Labute approximate surface area is 261 Å². The van der Waals surface area contributed by atoms with Gasteiger partial charge in [-0.2, -0.15) is 0 Å². The van der Waals surface area contributed by atoms with E-state index in [-0.39, 0.29) is 22.8 Å². The van der Waals surface area contributed by atoms with Gasteiger partial charge in [-0.3, -0.25) is 9.59 Å². The topological polar surface area (TPSA) is 128 Å². The molecule has 0 unspecified atom stereocenters. The average Bonchev–Trinajstić information content (AvgIpc) is 3.07. The molecule has 0 saturated heterocycles.